The summed E-state index contributed by atoms with van der Waals surface area (Å²) in [5.74, 6) is -1.30. The molecule has 0 aromatic heterocycles. The van der Waals surface area contributed by atoms with Crippen LogP contribution in [0.2, 0.25) is 0 Å². The van der Waals surface area contributed by atoms with Gasteiger partial charge in [0.25, 0.3) is 0 Å². The summed E-state index contributed by atoms with van der Waals surface area (Å²) in [5.41, 5.74) is 5.49. The maximum atomic E-state index is 13.2. The number of rotatable bonds is 6. The number of hydrogen-bond donors (Lipinski definition) is 2. The second-order valence-corrected chi connectivity index (χ2v) is 6.72. The predicted octanol–water partition coefficient (Wildman–Crippen LogP) is 0.628. The zero-order chi connectivity index (χ0) is 15.6. The van der Waals surface area contributed by atoms with Crippen molar-refractivity contribution in [3.8, 4) is 0 Å². The summed E-state index contributed by atoms with van der Waals surface area (Å²) >= 11 is 0. The molecule has 116 valence electrons. The van der Waals surface area contributed by atoms with Crippen LogP contribution in [0.3, 0.4) is 0 Å². The van der Waals surface area contributed by atoms with Gasteiger partial charge < -0.3 is 10.5 Å². The third-order valence-corrected chi connectivity index (χ3v) is 4.85. The molecule has 1 unspecified atom stereocenters. The van der Waals surface area contributed by atoms with Crippen molar-refractivity contribution in [1.29, 1.82) is 0 Å². The minimum atomic E-state index is -3.96. The van der Waals surface area contributed by atoms with E-state index in [4.69, 9.17) is 5.73 Å². The van der Waals surface area contributed by atoms with Gasteiger partial charge in [0.2, 0.25) is 10.0 Å². The van der Waals surface area contributed by atoms with Crippen LogP contribution < -0.4 is 10.5 Å². The highest BCUT2D eigenvalue weighted by molar-refractivity contribution is 7.89. The lowest BCUT2D eigenvalue weighted by Gasteiger charge is -2.14. The number of esters is 1. The molecule has 1 saturated carbocycles. The number of carbonyl (C=O) groups excluding carboxylic acids is 1. The monoisotopic (exact) mass is 316 g/mol. The van der Waals surface area contributed by atoms with Crippen molar-refractivity contribution in [3.63, 3.8) is 0 Å². The van der Waals surface area contributed by atoms with Gasteiger partial charge in [-0.3, -0.25) is 0 Å². The van der Waals surface area contributed by atoms with Crippen LogP contribution in [0.25, 0.3) is 0 Å². The third kappa shape index (κ3) is 3.78. The summed E-state index contributed by atoms with van der Waals surface area (Å²) < 4.78 is 44.5. The van der Waals surface area contributed by atoms with Gasteiger partial charge in [0.1, 0.15) is 5.82 Å². The number of benzene rings is 1. The van der Waals surface area contributed by atoms with Crippen LogP contribution in [0.5, 0.6) is 0 Å². The van der Waals surface area contributed by atoms with Gasteiger partial charge in [0, 0.05) is 12.6 Å². The van der Waals surface area contributed by atoms with Crippen molar-refractivity contribution < 1.29 is 22.3 Å². The Labute approximate surface area is 122 Å². The Morgan fingerprint density at radius 2 is 2.19 bits per heavy atom. The minimum Gasteiger partial charge on any atom is -0.465 e. The van der Waals surface area contributed by atoms with Gasteiger partial charge in [-0.15, -0.1) is 0 Å². The molecule has 6 nitrogen and oxygen atoms in total. The molecule has 0 spiro atoms. The maximum absolute atomic E-state index is 13.2. The summed E-state index contributed by atoms with van der Waals surface area (Å²) in [7, 11) is -2.86. The second kappa shape index (κ2) is 6.08. The Balaban J connectivity index is 2.24. The van der Waals surface area contributed by atoms with E-state index in [2.05, 4.69) is 9.46 Å². The van der Waals surface area contributed by atoms with Crippen LogP contribution in [0.1, 0.15) is 23.2 Å². The first kappa shape index (κ1) is 15.9. The van der Waals surface area contributed by atoms with Gasteiger partial charge in [-0.2, -0.15) is 0 Å². The molecule has 1 fully saturated rings. The standard InChI is InChI=1S/C13H17FN2O4S/c1-20-13(17)10-6-9(14)4-5-12(10)21(18,19)16-7-11(15)8-2-3-8/h4-6,8,11,16H,2-3,7,15H2,1H3. The molecule has 0 heterocycles. The van der Waals surface area contributed by atoms with Crippen molar-refractivity contribution in [2.75, 3.05) is 13.7 Å². The van der Waals surface area contributed by atoms with E-state index >= 15 is 0 Å². The van der Waals surface area contributed by atoms with Crippen molar-refractivity contribution in [2.24, 2.45) is 11.7 Å². The van der Waals surface area contributed by atoms with E-state index in [1.807, 2.05) is 0 Å². The fourth-order valence-corrected chi connectivity index (χ4v) is 3.23. The lowest BCUT2D eigenvalue weighted by atomic mass is 10.2. The first-order chi connectivity index (χ1) is 9.85. The quantitative estimate of drug-likeness (QED) is 0.750. The fraction of sp³-hybridized carbons (Fsp3) is 0.462. The van der Waals surface area contributed by atoms with E-state index in [1.54, 1.807) is 0 Å². The van der Waals surface area contributed by atoms with Gasteiger partial charge >= 0.3 is 5.97 Å². The highest BCUT2D eigenvalue weighted by Crippen LogP contribution is 2.31. The Kier molecular flexibility index (Phi) is 4.60. The van der Waals surface area contributed by atoms with Crippen LogP contribution in [-0.4, -0.2) is 34.1 Å². The van der Waals surface area contributed by atoms with Gasteiger partial charge in [0.05, 0.1) is 17.6 Å². The van der Waals surface area contributed by atoms with Crippen molar-refractivity contribution in [2.45, 2.75) is 23.8 Å². The molecule has 2 rings (SSSR count). The van der Waals surface area contributed by atoms with Gasteiger partial charge in [0.15, 0.2) is 0 Å². The van der Waals surface area contributed by atoms with E-state index in [0.29, 0.717) is 5.92 Å². The van der Waals surface area contributed by atoms with Crippen molar-refractivity contribution in [1.82, 2.24) is 4.72 Å². The Bertz CT molecular complexity index is 644. The van der Waals surface area contributed by atoms with Crippen LogP contribution >= 0.6 is 0 Å². The normalized spacial score (nSPS) is 16.5. The molecule has 0 amide bonds. The van der Waals surface area contributed by atoms with Gasteiger partial charge in [-0.05, 0) is 37.0 Å². The summed E-state index contributed by atoms with van der Waals surface area (Å²) in [6.07, 6.45) is 1.99. The second-order valence-electron chi connectivity index (χ2n) is 4.99. The van der Waals surface area contributed by atoms with E-state index in [1.165, 1.54) is 0 Å². The molecule has 8 heteroatoms. The molecule has 1 aliphatic rings. The topological polar surface area (TPSA) is 98.5 Å². The summed E-state index contributed by atoms with van der Waals surface area (Å²) in [6, 6.07) is 2.58. The number of halogens is 1. The van der Waals surface area contributed by atoms with Crippen LogP contribution in [0.15, 0.2) is 23.1 Å². The molecule has 1 atom stereocenters. The molecule has 1 aromatic carbocycles. The number of methoxy groups -OCH3 is 1. The molecule has 0 bridgehead atoms. The minimum absolute atomic E-state index is 0.0744. The molecule has 0 radical (unpaired) electrons. The van der Waals surface area contributed by atoms with Crippen LogP contribution in [0.4, 0.5) is 4.39 Å². The van der Waals surface area contributed by atoms with Crippen LogP contribution in [-0.2, 0) is 14.8 Å². The fourth-order valence-electron chi connectivity index (χ4n) is 1.98. The Hall–Kier alpha value is -1.51. The molecule has 21 heavy (non-hydrogen) atoms. The van der Waals surface area contributed by atoms with Crippen molar-refractivity contribution in [3.05, 3.63) is 29.6 Å². The maximum Gasteiger partial charge on any atom is 0.339 e. The molecular weight excluding hydrogens is 299 g/mol. The number of hydrogen-bond acceptors (Lipinski definition) is 5. The average molecular weight is 316 g/mol. The molecule has 1 aliphatic carbocycles. The lowest BCUT2D eigenvalue weighted by molar-refractivity contribution is 0.0595. The number of nitrogens with two attached hydrogens (primary N) is 1. The Morgan fingerprint density at radius 3 is 2.76 bits per heavy atom. The highest BCUT2D eigenvalue weighted by Gasteiger charge is 2.30. The molecule has 0 aliphatic heterocycles. The van der Waals surface area contributed by atoms with E-state index in [-0.39, 0.29) is 23.0 Å². The van der Waals surface area contributed by atoms with Gasteiger partial charge in [-0.25, -0.2) is 22.3 Å². The van der Waals surface area contributed by atoms with E-state index in [9.17, 15) is 17.6 Å². The molecular formula is C13H17FN2O4S. The third-order valence-electron chi connectivity index (χ3n) is 3.37. The number of carbonyl (C=O) groups is 1. The molecule has 3 N–H and O–H groups in total. The number of ether oxygens (including phenoxy) is 1. The number of nitrogens with one attached hydrogen (secondary N) is 1. The SMILES string of the molecule is COC(=O)c1cc(F)ccc1S(=O)(=O)NCC(N)C1CC1. The highest BCUT2D eigenvalue weighted by atomic mass is 32.2. The van der Waals surface area contributed by atoms with E-state index in [0.717, 1.165) is 38.2 Å². The average Bonchev–Trinajstić information content (AvgIpc) is 3.28. The van der Waals surface area contributed by atoms with Gasteiger partial charge in [-0.1, -0.05) is 0 Å². The summed E-state index contributed by atoms with van der Waals surface area (Å²) in [6.45, 7) is 0.0744. The Morgan fingerprint density at radius 1 is 1.52 bits per heavy atom. The molecule has 0 saturated heterocycles. The van der Waals surface area contributed by atoms with Crippen molar-refractivity contribution >= 4 is 16.0 Å². The van der Waals surface area contributed by atoms with Crippen LogP contribution in [0, 0.1) is 11.7 Å². The summed E-state index contributed by atoms with van der Waals surface area (Å²) in [4.78, 5) is 11.3. The summed E-state index contributed by atoms with van der Waals surface area (Å²) in [5, 5.41) is 0. The lowest BCUT2D eigenvalue weighted by Crippen LogP contribution is -2.39. The first-order valence-electron chi connectivity index (χ1n) is 6.48. The number of sulfonamides is 1. The zero-order valence-electron chi connectivity index (χ0n) is 11.5. The predicted molar refractivity (Wildman–Crippen MR) is 73.6 cm³/mol. The smallest absolute Gasteiger partial charge is 0.339 e. The molecule has 1 aromatic rings. The largest absolute Gasteiger partial charge is 0.465 e. The first-order valence-corrected chi connectivity index (χ1v) is 7.96. The van der Waals surface area contributed by atoms with E-state index < -0.39 is 21.8 Å². The zero-order valence-corrected chi connectivity index (χ0v) is 12.3.